The van der Waals surface area contributed by atoms with Crippen molar-refractivity contribution in [3.05, 3.63) is 33.8 Å². The van der Waals surface area contributed by atoms with Crippen LogP contribution in [0.2, 0.25) is 10.0 Å². The summed E-state index contributed by atoms with van der Waals surface area (Å²) in [6.45, 7) is 1.83. The van der Waals surface area contributed by atoms with Crippen molar-refractivity contribution in [2.24, 2.45) is 0 Å². The fourth-order valence-corrected chi connectivity index (χ4v) is 1.91. The van der Waals surface area contributed by atoms with Gasteiger partial charge in [0.1, 0.15) is 0 Å². The summed E-state index contributed by atoms with van der Waals surface area (Å²) >= 11 is 11.9. The van der Waals surface area contributed by atoms with Crippen molar-refractivity contribution in [2.75, 3.05) is 7.05 Å². The fourth-order valence-electron chi connectivity index (χ4n) is 1.37. The molecule has 1 atom stereocenters. The summed E-state index contributed by atoms with van der Waals surface area (Å²) in [5, 5.41) is 4.50. The molecule has 1 nitrogen and oxygen atoms in total. The van der Waals surface area contributed by atoms with Gasteiger partial charge in [-0.05, 0) is 37.7 Å². The smallest absolute Gasteiger partial charge is 0.0429 e. The summed E-state index contributed by atoms with van der Waals surface area (Å²) in [7, 11) is 1.90. The lowest BCUT2D eigenvalue weighted by atomic mass is 10.0. The van der Waals surface area contributed by atoms with E-state index in [-0.39, 0.29) is 6.04 Å². The maximum atomic E-state index is 5.94. The van der Waals surface area contributed by atoms with Crippen molar-refractivity contribution >= 4 is 23.2 Å². The van der Waals surface area contributed by atoms with Crippen LogP contribution in [0.5, 0.6) is 0 Å². The van der Waals surface area contributed by atoms with Crippen molar-refractivity contribution in [3.8, 4) is 11.8 Å². The molecule has 1 aromatic carbocycles. The molecule has 0 saturated heterocycles. The average molecular weight is 242 g/mol. The highest BCUT2D eigenvalue weighted by Crippen LogP contribution is 2.24. The van der Waals surface area contributed by atoms with Gasteiger partial charge >= 0.3 is 0 Å². The standard InChI is InChI=1S/C12H13Cl2N/c1-3-4-5-12(15-2)9-6-10(13)8-11(14)7-9/h6-8,12,15H,5H2,1-2H3. The molecule has 0 radical (unpaired) electrons. The highest BCUT2D eigenvalue weighted by molar-refractivity contribution is 6.34. The molecule has 0 aliphatic heterocycles. The fraction of sp³-hybridized carbons (Fsp3) is 0.333. The predicted molar refractivity (Wildman–Crippen MR) is 66.3 cm³/mol. The van der Waals surface area contributed by atoms with Gasteiger partial charge in [0.05, 0.1) is 0 Å². The van der Waals surface area contributed by atoms with Gasteiger partial charge in [0.25, 0.3) is 0 Å². The Kier molecular flexibility index (Phi) is 4.98. The van der Waals surface area contributed by atoms with E-state index in [2.05, 4.69) is 17.2 Å². The van der Waals surface area contributed by atoms with Gasteiger partial charge in [0.15, 0.2) is 0 Å². The van der Waals surface area contributed by atoms with Gasteiger partial charge in [-0.3, -0.25) is 0 Å². The Labute approximate surface area is 101 Å². The van der Waals surface area contributed by atoms with E-state index in [9.17, 15) is 0 Å². The molecule has 0 saturated carbocycles. The molecule has 0 aliphatic carbocycles. The van der Waals surface area contributed by atoms with E-state index in [1.54, 1.807) is 6.07 Å². The first kappa shape index (κ1) is 12.4. The normalized spacial score (nSPS) is 11.7. The molecule has 1 N–H and O–H groups in total. The second-order valence-electron chi connectivity index (χ2n) is 3.17. The minimum Gasteiger partial charge on any atom is -0.312 e. The summed E-state index contributed by atoms with van der Waals surface area (Å²) < 4.78 is 0. The van der Waals surface area contributed by atoms with Crippen LogP contribution < -0.4 is 5.32 Å². The van der Waals surface area contributed by atoms with Gasteiger partial charge in [-0.25, -0.2) is 0 Å². The molecule has 1 aromatic rings. The topological polar surface area (TPSA) is 12.0 Å². The number of benzene rings is 1. The maximum absolute atomic E-state index is 5.94. The predicted octanol–water partition coefficient (Wildman–Crippen LogP) is 3.67. The van der Waals surface area contributed by atoms with Crippen LogP contribution in [0, 0.1) is 11.8 Å². The zero-order chi connectivity index (χ0) is 11.3. The Morgan fingerprint density at radius 2 is 1.87 bits per heavy atom. The third kappa shape index (κ3) is 3.76. The van der Waals surface area contributed by atoms with E-state index >= 15 is 0 Å². The zero-order valence-electron chi connectivity index (χ0n) is 8.77. The van der Waals surface area contributed by atoms with Crippen molar-refractivity contribution in [1.82, 2.24) is 5.32 Å². The van der Waals surface area contributed by atoms with Crippen LogP contribution >= 0.6 is 23.2 Å². The molecule has 0 aromatic heterocycles. The summed E-state index contributed by atoms with van der Waals surface area (Å²) in [6.07, 6.45) is 0.754. The molecular weight excluding hydrogens is 229 g/mol. The van der Waals surface area contributed by atoms with Crippen LogP contribution in [-0.2, 0) is 0 Å². The van der Waals surface area contributed by atoms with Gasteiger partial charge < -0.3 is 5.32 Å². The first-order valence-electron chi connectivity index (χ1n) is 4.70. The average Bonchev–Trinajstić information content (AvgIpc) is 2.17. The van der Waals surface area contributed by atoms with E-state index in [0.717, 1.165) is 12.0 Å². The number of rotatable bonds is 3. The lowest BCUT2D eigenvalue weighted by Crippen LogP contribution is -2.15. The van der Waals surface area contributed by atoms with Gasteiger partial charge in [0, 0.05) is 22.5 Å². The van der Waals surface area contributed by atoms with Crippen LogP contribution in [0.25, 0.3) is 0 Å². The van der Waals surface area contributed by atoms with Gasteiger partial charge in [0.2, 0.25) is 0 Å². The number of hydrogen-bond donors (Lipinski definition) is 1. The molecule has 80 valence electrons. The zero-order valence-corrected chi connectivity index (χ0v) is 10.3. The SMILES string of the molecule is CC#CCC(NC)c1cc(Cl)cc(Cl)c1. The van der Waals surface area contributed by atoms with E-state index in [4.69, 9.17) is 23.2 Å². The molecule has 0 amide bonds. The van der Waals surface area contributed by atoms with Crippen LogP contribution in [0.4, 0.5) is 0 Å². The van der Waals surface area contributed by atoms with E-state index in [1.807, 2.05) is 26.1 Å². The largest absolute Gasteiger partial charge is 0.312 e. The van der Waals surface area contributed by atoms with E-state index < -0.39 is 0 Å². The Morgan fingerprint density at radius 1 is 1.27 bits per heavy atom. The highest BCUT2D eigenvalue weighted by Gasteiger charge is 2.09. The molecule has 1 unspecified atom stereocenters. The third-order valence-corrected chi connectivity index (χ3v) is 2.56. The molecule has 1 rings (SSSR count). The van der Waals surface area contributed by atoms with Gasteiger partial charge in [-0.15, -0.1) is 11.8 Å². The van der Waals surface area contributed by atoms with Gasteiger partial charge in [-0.1, -0.05) is 23.2 Å². The second kappa shape index (κ2) is 6.02. The Hall–Kier alpha value is -0.680. The van der Waals surface area contributed by atoms with Crippen LogP contribution in [0.3, 0.4) is 0 Å². The molecule has 0 bridgehead atoms. The van der Waals surface area contributed by atoms with E-state index in [1.165, 1.54) is 0 Å². The van der Waals surface area contributed by atoms with Crippen LogP contribution in [-0.4, -0.2) is 7.05 Å². The lowest BCUT2D eigenvalue weighted by Gasteiger charge is -2.14. The molecule has 0 aliphatic rings. The molecule has 15 heavy (non-hydrogen) atoms. The van der Waals surface area contributed by atoms with Crippen molar-refractivity contribution in [1.29, 1.82) is 0 Å². The minimum atomic E-state index is 0.175. The van der Waals surface area contributed by atoms with Crippen molar-refractivity contribution in [3.63, 3.8) is 0 Å². The number of hydrogen-bond acceptors (Lipinski definition) is 1. The Balaban J connectivity index is 2.93. The van der Waals surface area contributed by atoms with Crippen LogP contribution in [0.1, 0.15) is 24.9 Å². The molecule has 0 fully saturated rings. The Bertz CT molecular complexity index is 370. The summed E-state index contributed by atoms with van der Waals surface area (Å²) in [5.74, 6) is 5.91. The summed E-state index contributed by atoms with van der Waals surface area (Å²) in [5.41, 5.74) is 1.07. The van der Waals surface area contributed by atoms with E-state index in [0.29, 0.717) is 10.0 Å². The minimum absolute atomic E-state index is 0.175. The van der Waals surface area contributed by atoms with Crippen LogP contribution in [0.15, 0.2) is 18.2 Å². The molecule has 0 spiro atoms. The monoisotopic (exact) mass is 241 g/mol. The summed E-state index contributed by atoms with van der Waals surface area (Å²) in [6, 6.07) is 5.72. The quantitative estimate of drug-likeness (QED) is 0.797. The second-order valence-corrected chi connectivity index (χ2v) is 4.05. The molecule has 0 heterocycles. The highest BCUT2D eigenvalue weighted by atomic mass is 35.5. The number of halogens is 2. The number of nitrogens with one attached hydrogen (secondary N) is 1. The molecule has 3 heteroatoms. The lowest BCUT2D eigenvalue weighted by molar-refractivity contribution is 0.611. The maximum Gasteiger partial charge on any atom is 0.0429 e. The first-order chi connectivity index (χ1) is 7.17. The Morgan fingerprint density at radius 3 is 2.33 bits per heavy atom. The molecular formula is C12H13Cl2N. The summed E-state index contributed by atoms with van der Waals surface area (Å²) in [4.78, 5) is 0. The van der Waals surface area contributed by atoms with Gasteiger partial charge in [-0.2, -0.15) is 0 Å². The first-order valence-corrected chi connectivity index (χ1v) is 5.46. The third-order valence-electron chi connectivity index (χ3n) is 2.12. The van der Waals surface area contributed by atoms with Crippen molar-refractivity contribution in [2.45, 2.75) is 19.4 Å². The van der Waals surface area contributed by atoms with Crippen molar-refractivity contribution < 1.29 is 0 Å².